The molecule has 0 saturated carbocycles. The molecule has 3 aromatic rings. The van der Waals surface area contributed by atoms with Crippen LogP contribution in [0.25, 0.3) is 11.1 Å². The van der Waals surface area contributed by atoms with Crippen molar-refractivity contribution in [1.29, 1.82) is 0 Å². The summed E-state index contributed by atoms with van der Waals surface area (Å²) in [5.41, 5.74) is 0.806. The van der Waals surface area contributed by atoms with Crippen LogP contribution in [-0.2, 0) is 16.2 Å². The average Bonchev–Trinajstić information content (AvgIpc) is 2.81. The van der Waals surface area contributed by atoms with Crippen molar-refractivity contribution in [2.45, 2.75) is 6.18 Å². The van der Waals surface area contributed by atoms with Gasteiger partial charge in [-0.3, -0.25) is 9.52 Å². The third-order valence-electron chi connectivity index (χ3n) is 4.50. The van der Waals surface area contributed by atoms with Crippen LogP contribution < -0.4 is 14.8 Å². The van der Waals surface area contributed by atoms with E-state index in [1.807, 2.05) is 0 Å². The van der Waals surface area contributed by atoms with Crippen molar-refractivity contribution in [2.75, 3.05) is 16.3 Å². The first-order valence-electron chi connectivity index (χ1n) is 8.92. The molecule has 2 N–H and O–H groups in total. The summed E-state index contributed by atoms with van der Waals surface area (Å²) in [6.45, 7) is 0. The van der Waals surface area contributed by atoms with Crippen molar-refractivity contribution in [1.82, 2.24) is 0 Å². The maximum Gasteiger partial charge on any atom is 0.416 e. The number of amides is 1. The van der Waals surface area contributed by atoms with E-state index in [4.69, 9.17) is 4.74 Å². The fourth-order valence-corrected chi connectivity index (χ4v) is 3.70. The topological polar surface area (TPSA) is 84.5 Å². The molecule has 0 unspecified atom stereocenters. The van der Waals surface area contributed by atoms with E-state index in [2.05, 4.69) is 10.0 Å². The number of nitrogens with one attached hydrogen (secondary N) is 2. The minimum absolute atomic E-state index is 0.00565. The summed E-state index contributed by atoms with van der Waals surface area (Å²) >= 11 is 0. The summed E-state index contributed by atoms with van der Waals surface area (Å²) < 4.78 is 70.1. The molecular weight excluding hydrogens is 433 g/mol. The van der Waals surface area contributed by atoms with Crippen molar-refractivity contribution >= 4 is 27.3 Å². The maximum absolute atomic E-state index is 13.0. The number of hydrogen-bond donors (Lipinski definition) is 2. The molecular formula is C21H15F3N2O4S. The molecule has 0 aliphatic carbocycles. The molecule has 0 fully saturated rings. The van der Waals surface area contributed by atoms with Crippen molar-refractivity contribution in [3.63, 3.8) is 0 Å². The van der Waals surface area contributed by atoms with Gasteiger partial charge in [-0.05, 0) is 53.6 Å². The summed E-state index contributed by atoms with van der Waals surface area (Å²) in [7, 11) is -3.45. The van der Waals surface area contributed by atoms with E-state index in [0.717, 1.165) is 24.5 Å². The van der Waals surface area contributed by atoms with Crippen LogP contribution in [0.5, 0.6) is 11.5 Å². The molecule has 0 atom stereocenters. The summed E-state index contributed by atoms with van der Waals surface area (Å²) in [5.74, 6) is -0.480. The molecule has 0 spiro atoms. The second kappa shape index (κ2) is 7.31. The van der Waals surface area contributed by atoms with Gasteiger partial charge in [-0.15, -0.1) is 0 Å². The van der Waals surface area contributed by atoms with Crippen LogP contribution >= 0.6 is 0 Å². The molecule has 0 bridgehead atoms. The number of anilines is 2. The van der Waals surface area contributed by atoms with Crippen LogP contribution in [0.15, 0.2) is 60.7 Å². The van der Waals surface area contributed by atoms with Gasteiger partial charge in [0, 0.05) is 5.69 Å². The Bertz CT molecular complexity index is 1300. The van der Waals surface area contributed by atoms with E-state index in [9.17, 15) is 26.4 Å². The van der Waals surface area contributed by atoms with Crippen LogP contribution in [0.2, 0.25) is 0 Å². The fourth-order valence-electron chi connectivity index (χ4n) is 3.15. The summed E-state index contributed by atoms with van der Waals surface area (Å²) in [6, 6.07) is 14.2. The number of rotatable bonds is 3. The highest BCUT2D eigenvalue weighted by molar-refractivity contribution is 7.92. The zero-order chi connectivity index (χ0) is 22.4. The largest absolute Gasteiger partial charge is 0.454 e. The van der Waals surface area contributed by atoms with Crippen molar-refractivity contribution in [3.8, 4) is 22.6 Å². The van der Waals surface area contributed by atoms with E-state index in [1.54, 1.807) is 42.5 Å². The van der Waals surface area contributed by atoms with E-state index in [0.29, 0.717) is 22.5 Å². The van der Waals surface area contributed by atoms with Crippen LogP contribution in [0, 0.1) is 0 Å². The highest BCUT2D eigenvalue weighted by Gasteiger charge is 2.33. The first-order valence-corrected chi connectivity index (χ1v) is 10.8. The molecule has 0 radical (unpaired) electrons. The van der Waals surface area contributed by atoms with Crippen LogP contribution in [-0.4, -0.2) is 20.6 Å². The van der Waals surface area contributed by atoms with Crippen LogP contribution in [0.4, 0.5) is 24.5 Å². The molecule has 0 aromatic heterocycles. The Morgan fingerprint density at radius 2 is 1.68 bits per heavy atom. The predicted octanol–water partition coefficient (Wildman–Crippen LogP) is 5.10. The minimum atomic E-state index is -4.59. The Labute approximate surface area is 175 Å². The van der Waals surface area contributed by atoms with E-state index < -0.39 is 27.7 Å². The normalized spacial score (nSPS) is 13.4. The van der Waals surface area contributed by atoms with Gasteiger partial charge in [-0.2, -0.15) is 13.2 Å². The van der Waals surface area contributed by atoms with Gasteiger partial charge in [0.2, 0.25) is 10.0 Å². The Morgan fingerprint density at radius 3 is 2.39 bits per heavy atom. The molecule has 1 aliphatic rings. The Hall–Kier alpha value is -3.53. The molecule has 3 aromatic carbocycles. The zero-order valence-corrected chi connectivity index (χ0v) is 16.8. The lowest BCUT2D eigenvalue weighted by atomic mass is 10.0. The first kappa shape index (κ1) is 20.7. The Balaban J connectivity index is 1.72. The number of sulfonamides is 1. The number of hydrogen-bond acceptors (Lipinski definition) is 4. The van der Waals surface area contributed by atoms with Crippen LogP contribution in [0.3, 0.4) is 0 Å². The van der Waals surface area contributed by atoms with Gasteiger partial charge in [0.25, 0.3) is 5.91 Å². The van der Waals surface area contributed by atoms with Gasteiger partial charge < -0.3 is 10.1 Å². The Morgan fingerprint density at radius 1 is 0.935 bits per heavy atom. The SMILES string of the molecule is CS(=O)(=O)Nc1cccc(-c2ccc3c(c2)Oc2ccc(C(F)(F)F)cc2C(=O)N3)c1. The molecule has 31 heavy (non-hydrogen) atoms. The van der Waals surface area contributed by atoms with Gasteiger partial charge in [-0.1, -0.05) is 18.2 Å². The smallest absolute Gasteiger partial charge is 0.416 e. The zero-order valence-electron chi connectivity index (χ0n) is 15.9. The van der Waals surface area contributed by atoms with Crippen molar-refractivity contribution in [2.24, 2.45) is 0 Å². The van der Waals surface area contributed by atoms with Gasteiger partial charge in [0.1, 0.15) is 5.75 Å². The number of halogens is 3. The summed E-state index contributed by atoms with van der Waals surface area (Å²) in [5, 5.41) is 2.56. The maximum atomic E-state index is 13.0. The lowest BCUT2D eigenvalue weighted by Crippen LogP contribution is -2.13. The molecule has 1 amide bonds. The molecule has 0 saturated heterocycles. The van der Waals surface area contributed by atoms with Gasteiger partial charge >= 0.3 is 6.18 Å². The lowest BCUT2D eigenvalue weighted by molar-refractivity contribution is -0.137. The average molecular weight is 448 g/mol. The van der Waals surface area contributed by atoms with E-state index >= 15 is 0 Å². The van der Waals surface area contributed by atoms with Gasteiger partial charge in [-0.25, -0.2) is 8.42 Å². The lowest BCUT2D eigenvalue weighted by Gasteiger charge is -2.12. The third-order valence-corrected chi connectivity index (χ3v) is 5.11. The second-order valence-electron chi connectivity index (χ2n) is 6.93. The van der Waals surface area contributed by atoms with E-state index in [-0.39, 0.29) is 17.1 Å². The standard InChI is InChI=1S/C21H15F3N2O4S/c1-31(28,29)26-15-4-2-3-12(9-15)13-5-7-17-19(10-13)30-18-8-6-14(21(22,23)24)11-16(18)20(27)25-17/h2-11,26H,1H3,(H,25,27). The summed E-state index contributed by atoms with van der Waals surface area (Å²) in [4.78, 5) is 12.5. The highest BCUT2D eigenvalue weighted by Crippen LogP contribution is 2.40. The molecule has 160 valence electrons. The van der Waals surface area contributed by atoms with Gasteiger partial charge in [0.15, 0.2) is 5.75 Å². The number of fused-ring (bicyclic) bond motifs is 2. The highest BCUT2D eigenvalue weighted by atomic mass is 32.2. The number of benzene rings is 3. The molecule has 4 rings (SSSR count). The second-order valence-corrected chi connectivity index (χ2v) is 8.68. The van der Waals surface area contributed by atoms with E-state index in [1.165, 1.54) is 0 Å². The molecule has 1 aliphatic heterocycles. The predicted molar refractivity (Wildman–Crippen MR) is 110 cm³/mol. The monoisotopic (exact) mass is 448 g/mol. The fraction of sp³-hybridized carbons (Fsp3) is 0.0952. The minimum Gasteiger partial charge on any atom is -0.454 e. The number of ether oxygens (including phenoxy) is 1. The number of carbonyl (C=O) groups is 1. The van der Waals surface area contributed by atoms with Crippen molar-refractivity contribution < 1.29 is 31.1 Å². The molecule has 10 heteroatoms. The number of carbonyl (C=O) groups excluding carboxylic acids is 1. The number of alkyl halides is 3. The summed E-state index contributed by atoms with van der Waals surface area (Å²) in [6.07, 6.45) is -3.55. The first-order chi connectivity index (χ1) is 14.5. The van der Waals surface area contributed by atoms with Gasteiger partial charge in [0.05, 0.1) is 23.1 Å². The quantitative estimate of drug-likeness (QED) is 0.584. The molecule has 1 heterocycles. The van der Waals surface area contributed by atoms with Crippen molar-refractivity contribution in [3.05, 3.63) is 71.8 Å². The Kier molecular flexibility index (Phi) is 4.89. The molecule has 6 nitrogen and oxygen atoms in total. The third kappa shape index (κ3) is 4.48. The van der Waals surface area contributed by atoms with Crippen LogP contribution in [0.1, 0.15) is 15.9 Å².